The Hall–Kier alpha value is -2.22. The first-order valence-corrected chi connectivity index (χ1v) is 6.25. The number of aromatic nitrogens is 2. The summed E-state index contributed by atoms with van der Waals surface area (Å²) in [6.07, 6.45) is 10.4. The molecule has 0 unspecified atom stereocenters. The third-order valence-electron chi connectivity index (χ3n) is 3.59. The molecule has 0 fully saturated rings. The van der Waals surface area contributed by atoms with Crippen molar-refractivity contribution >= 4 is 27.8 Å². The van der Waals surface area contributed by atoms with Gasteiger partial charge in [0.1, 0.15) is 0 Å². The third kappa shape index (κ3) is 1.29. The van der Waals surface area contributed by atoms with Gasteiger partial charge in [-0.1, -0.05) is 36.4 Å². The van der Waals surface area contributed by atoms with Crippen molar-refractivity contribution in [2.75, 3.05) is 0 Å². The molecule has 0 saturated heterocycles. The summed E-state index contributed by atoms with van der Waals surface area (Å²) in [5.41, 5.74) is 3.45. The SMILES string of the molecule is C1=Cc2c(ncc3c2ncc2ccccc23)CC1. The molecule has 2 heterocycles. The molecule has 0 spiro atoms. The molecule has 0 atom stereocenters. The fourth-order valence-corrected chi connectivity index (χ4v) is 2.68. The number of allylic oxidation sites excluding steroid dienone is 1. The van der Waals surface area contributed by atoms with Crippen LogP contribution in [0, 0.1) is 0 Å². The number of fused-ring (bicyclic) bond motifs is 5. The molecule has 18 heavy (non-hydrogen) atoms. The molecular weight excluding hydrogens is 220 g/mol. The zero-order valence-corrected chi connectivity index (χ0v) is 9.93. The second-order valence-corrected chi connectivity index (χ2v) is 4.67. The van der Waals surface area contributed by atoms with Crippen LogP contribution in [0.4, 0.5) is 0 Å². The number of nitrogens with zero attached hydrogens (tertiary/aromatic N) is 2. The van der Waals surface area contributed by atoms with Crippen molar-refractivity contribution in [1.29, 1.82) is 0 Å². The van der Waals surface area contributed by atoms with Gasteiger partial charge >= 0.3 is 0 Å². The molecule has 1 aliphatic carbocycles. The fourth-order valence-electron chi connectivity index (χ4n) is 2.68. The Balaban J connectivity index is 2.20. The lowest BCUT2D eigenvalue weighted by Crippen LogP contribution is -2.00. The highest BCUT2D eigenvalue weighted by molar-refractivity contribution is 6.07. The molecule has 4 rings (SSSR count). The predicted molar refractivity (Wildman–Crippen MR) is 74.4 cm³/mol. The van der Waals surface area contributed by atoms with Crippen molar-refractivity contribution in [2.45, 2.75) is 12.8 Å². The quantitative estimate of drug-likeness (QED) is 0.552. The Labute approximate surface area is 105 Å². The van der Waals surface area contributed by atoms with Gasteiger partial charge in [-0.05, 0) is 18.2 Å². The van der Waals surface area contributed by atoms with Gasteiger partial charge in [-0.2, -0.15) is 0 Å². The molecule has 0 amide bonds. The van der Waals surface area contributed by atoms with E-state index in [2.05, 4.69) is 40.3 Å². The van der Waals surface area contributed by atoms with Crippen molar-refractivity contribution in [2.24, 2.45) is 0 Å². The van der Waals surface area contributed by atoms with E-state index in [9.17, 15) is 0 Å². The standard InChI is InChI=1S/C16H12N2/c1-2-6-12-11(5-1)9-18-16-13-7-3-4-8-15(13)17-10-14(12)16/h1-3,5-7,9-10H,4,8H2. The average Bonchev–Trinajstić information content (AvgIpc) is 2.46. The zero-order chi connectivity index (χ0) is 11.9. The van der Waals surface area contributed by atoms with Gasteiger partial charge in [-0.3, -0.25) is 9.97 Å². The average molecular weight is 232 g/mol. The highest BCUT2D eigenvalue weighted by atomic mass is 14.7. The molecular formula is C16H12N2. The van der Waals surface area contributed by atoms with Crippen LogP contribution in [0.25, 0.3) is 27.8 Å². The first-order valence-electron chi connectivity index (χ1n) is 6.25. The molecule has 1 aliphatic rings. The predicted octanol–water partition coefficient (Wildman–Crippen LogP) is 3.74. The molecule has 2 aromatic heterocycles. The van der Waals surface area contributed by atoms with E-state index in [1.54, 1.807) is 0 Å². The lowest BCUT2D eigenvalue weighted by molar-refractivity contribution is 0.932. The van der Waals surface area contributed by atoms with Crippen LogP contribution < -0.4 is 0 Å². The third-order valence-corrected chi connectivity index (χ3v) is 3.59. The maximum atomic E-state index is 4.63. The molecule has 0 radical (unpaired) electrons. The van der Waals surface area contributed by atoms with E-state index < -0.39 is 0 Å². The monoisotopic (exact) mass is 232 g/mol. The minimum atomic E-state index is 1.02. The van der Waals surface area contributed by atoms with Crippen LogP contribution in [0.3, 0.4) is 0 Å². The Morgan fingerprint density at radius 2 is 1.89 bits per heavy atom. The van der Waals surface area contributed by atoms with E-state index in [-0.39, 0.29) is 0 Å². The lowest BCUT2D eigenvalue weighted by atomic mass is 9.98. The molecule has 2 nitrogen and oxygen atoms in total. The Morgan fingerprint density at radius 3 is 2.89 bits per heavy atom. The summed E-state index contributed by atoms with van der Waals surface area (Å²) in [6, 6.07) is 8.34. The van der Waals surface area contributed by atoms with E-state index in [4.69, 9.17) is 0 Å². The van der Waals surface area contributed by atoms with Crippen LogP contribution in [-0.4, -0.2) is 9.97 Å². The first kappa shape index (κ1) is 9.77. The topological polar surface area (TPSA) is 25.8 Å². The van der Waals surface area contributed by atoms with Crippen LogP contribution in [-0.2, 0) is 6.42 Å². The van der Waals surface area contributed by atoms with E-state index in [0.717, 1.165) is 23.7 Å². The van der Waals surface area contributed by atoms with E-state index in [1.165, 1.54) is 22.0 Å². The number of hydrogen-bond donors (Lipinski definition) is 0. The molecule has 0 N–H and O–H groups in total. The summed E-state index contributed by atoms with van der Waals surface area (Å²) in [5, 5.41) is 3.56. The summed E-state index contributed by atoms with van der Waals surface area (Å²) in [6.45, 7) is 0. The smallest absolute Gasteiger partial charge is 0.0814 e. The van der Waals surface area contributed by atoms with Gasteiger partial charge in [0, 0.05) is 28.7 Å². The minimum Gasteiger partial charge on any atom is -0.260 e. The minimum absolute atomic E-state index is 1.02. The summed E-state index contributed by atoms with van der Waals surface area (Å²) < 4.78 is 0. The summed E-state index contributed by atoms with van der Waals surface area (Å²) in [7, 11) is 0. The molecule has 0 saturated carbocycles. The zero-order valence-electron chi connectivity index (χ0n) is 9.93. The number of hydrogen-bond acceptors (Lipinski definition) is 2. The summed E-state index contributed by atoms with van der Waals surface area (Å²) >= 11 is 0. The number of aryl methyl sites for hydroxylation is 1. The van der Waals surface area contributed by atoms with Crippen LogP contribution in [0.1, 0.15) is 17.7 Å². The van der Waals surface area contributed by atoms with Crippen molar-refractivity contribution in [1.82, 2.24) is 9.97 Å². The summed E-state index contributed by atoms with van der Waals surface area (Å²) in [4.78, 5) is 9.24. The van der Waals surface area contributed by atoms with Gasteiger partial charge in [-0.15, -0.1) is 0 Å². The van der Waals surface area contributed by atoms with Crippen LogP contribution in [0.15, 0.2) is 42.7 Å². The lowest BCUT2D eigenvalue weighted by Gasteiger charge is -2.12. The van der Waals surface area contributed by atoms with E-state index >= 15 is 0 Å². The second kappa shape index (κ2) is 3.64. The van der Waals surface area contributed by atoms with E-state index in [1.807, 2.05) is 18.5 Å². The molecule has 0 aliphatic heterocycles. The maximum absolute atomic E-state index is 4.63. The molecule has 86 valence electrons. The van der Waals surface area contributed by atoms with Gasteiger partial charge in [0.15, 0.2) is 0 Å². The van der Waals surface area contributed by atoms with Gasteiger partial charge in [0.2, 0.25) is 0 Å². The molecule has 1 aromatic carbocycles. The molecule has 2 heteroatoms. The van der Waals surface area contributed by atoms with Crippen LogP contribution in [0.5, 0.6) is 0 Å². The van der Waals surface area contributed by atoms with E-state index in [0.29, 0.717) is 0 Å². The maximum Gasteiger partial charge on any atom is 0.0814 e. The van der Waals surface area contributed by atoms with Crippen molar-refractivity contribution in [3.63, 3.8) is 0 Å². The van der Waals surface area contributed by atoms with Gasteiger partial charge in [0.25, 0.3) is 0 Å². The van der Waals surface area contributed by atoms with Crippen molar-refractivity contribution in [3.05, 3.63) is 54.0 Å². The normalized spacial score (nSPS) is 14.0. The van der Waals surface area contributed by atoms with Crippen molar-refractivity contribution in [3.8, 4) is 0 Å². The number of benzene rings is 1. The van der Waals surface area contributed by atoms with Crippen LogP contribution >= 0.6 is 0 Å². The fraction of sp³-hybridized carbons (Fsp3) is 0.125. The van der Waals surface area contributed by atoms with Gasteiger partial charge < -0.3 is 0 Å². The van der Waals surface area contributed by atoms with Crippen molar-refractivity contribution < 1.29 is 0 Å². The molecule has 0 bridgehead atoms. The number of pyridine rings is 2. The molecule has 3 aromatic rings. The van der Waals surface area contributed by atoms with Gasteiger partial charge in [0.05, 0.1) is 11.2 Å². The van der Waals surface area contributed by atoms with Crippen LogP contribution in [0.2, 0.25) is 0 Å². The second-order valence-electron chi connectivity index (χ2n) is 4.67. The largest absolute Gasteiger partial charge is 0.260 e. The Morgan fingerprint density at radius 1 is 0.944 bits per heavy atom. The highest BCUT2D eigenvalue weighted by Crippen LogP contribution is 2.29. The Bertz CT molecular complexity index is 788. The number of rotatable bonds is 0. The highest BCUT2D eigenvalue weighted by Gasteiger charge is 2.12. The first-order chi connectivity index (χ1) is 8.93. The Kier molecular flexibility index (Phi) is 1.97. The van der Waals surface area contributed by atoms with Gasteiger partial charge in [-0.25, -0.2) is 0 Å². The summed E-state index contributed by atoms with van der Waals surface area (Å²) in [5.74, 6) is 0.